The molecule has 2 aliphatic rings. The first-order chi connectivity index (χ1) is 20.1. The number of sulfonamides is 1. The first kappa shape index (κ1) is 28.4. The van der Waals surface area contributed by atoms with Gasteiger partial charge in [-0.05, 0) is 73.4 Å². The molecule has 0 aliphatic carbocycles. The highest BCUT2D eigenvalue weighted by atomic mass is 32.2. The molecule has 0 bridgehead atoms. The maximum absolute atomic E-state index is 14.1. The van der Waals surface area contributed by atoms with Crippen LogP contribution in [-0.2, 0) is 26.6 Å². The third-order valence-corrected chi connectivity index (χ3v) is 11.1. The number of rotatable bonds is 7. The van der Waals surface area contributed by atoms with E-state index in [1.165, 1.54) is 30.9 Å². The highest BCUT2D eigenvalue weighted by Crippen LogP contribution is 2.48. The Labute approximate surface area is 247 Å². The van der Waals surface area contributed by atoms with E-state index in [0.717, 1.165) is 23.1 Å². The van der Waals surface area contributed by atoms with Crippen molar-refractivity contribution in [3.63, 3.8) is 0 Å². The van der Waals surface area contributed by atoms with E-state index in [4.69, 9.17) is 8.92 Å². The third-order valence-electron chi connectivity index (χ3n) is 8.02. The zero-order valence-corrected chi connectivity index (χ0v) is 25.2. The quantitative estimate of drug-likeness (QED) is 0.262. The summed E-state index contributed by atoms with van der Waals surface area (Å²) in [7, 11) is -6.57. The van der Waals surface area contributed by atoms with Crippen molar-refractivity contribution in [2.75, 3.05) is 20.2 Å². The number of hydrogen-bond acceptors (Lipinski definition) is 7. The van der Waals surface area contributed by atoms with E-state index >= 15 is 0 Å². The number of nitrogens with zero attached hydrogens (tertiary/aromatic N) is 2. The second kappa shape index (κ2) is 10.9. The van der Waals surface area contributed by atoms with Crippen molar-refractivity contribution >= 4 is 20.1 Å². The Bertz CT molecular complexity index is 1840. The summed E-state index contributed by atoms with van der Waals surface area (Å²) in [5, 5.41) is 0. The Hall–Kier alpha value is -3.70. The highest BCUT2D eigenvalue weighted by Gasteiger charge is 2.48. The van der Waals surface area contributed by atoms with Crippen molar-refractivity contribution in [3.05, 3.63) is 119 Å². The topological polar surface area (TPSA) is 93.2 Å². The lowest BCUT2D eigenvalue weighted by Crippen LogP contribution is -2.37. The molecule has 4 aromatic carbocycles. The largest absolute Gasteiger partial charge is 0.493 e. The molecule has 218 valence electrons. The smallest absolute Gasteiger partial charge is 0.339 e. The van der Waals surface area contributed by atoms with Gasteiger partial charge in [-0.1, -0.05) is 65.7 Å². The van der Waals surface area contributed by atoms with Crippen molar-refractivity contribution in [2.24, 2.45) is 0 Å². The molecule has 8 nitrogen and oxygen atoms in total. The van der Waals surface area contributed by atoms with Crippen molar-refractivity contribution in [3.8, 4) is 11.5 Å². The molecule has 42 heavy (non-hydrogen) atoms. The number of aryl methyl sites for hydroxylation is 2. The Morgan fingerprint density at radius 1 is 0.762 bits per heavy atom. The van der Waals surface area contributed by atoms with E-state index in [1.54, 1.807) is 52.8 Å². The van der Waals surface area contributed by atoms with Crippen LogP contribution in [0.4, 0.5) is 0 Å². The van der Waals surface area contributed by atoms with Crippen LogP contribution in [0.15, 0.2) is 101 Å². The van der Waals surface area contributed by atoms with Gasteiger partial charge in [0.25, 0.3) is 0 Å². The number of benzene rings is 4. The molecule has 0 unspecified atom stereocenters. The van der Waals surface area contributed by atoms with Gasteiger partial charge >= 0.3 is 10.1 Å². The van der Waals surface area contributed by atoms with E-state index in [0.29, 0.717) is 12.1 Å². The van der Waals surface area contributed by atoms with Crippen LogP contribution in [0.1, 0.15) is 40.0 Å². The molecule has 2 atom stereocenters. The molecule has 2 heterocycles. The van der Waals surface area contributed by atoms with Gasteiger partial charge in [-0.3, -0.25) is 4.90 Å². The minimum Gasteiger partial charge on any atom is -0.493 e. The van der Waals surface area contributed by atoms with Gasteiger partial charge in [-0.15, -0.1) is 0 Å². The van der Waals surface area contributed by atoms with Crippen LogP contribution in [0.25, 0.3) is 0 Å². The number of ether oxygens (including phenoxy) is 1. The fourth-order valence-electron chi connectivity index (χ4n) is 5.82. The van der Waals surface area contributed by atoms with Gasteiger partial charge in [0, 0.05) is 13.1 Å². The van der Waals surface area contributed by atoms with Crippen molar-refractivity contribution in [1.82, 2.24) is 9.21 Å². The van der Waals surface area contributed by atoms with Crippen molar-refractivity contribution < 1.29 is 25.8 Å². The van der Waals surface area contributed by atoms with Gasteiger partial charge in [-0.2, -0.15) is 12.7 Å². The van der Waals surface area contributed by atoms with Crippen molar-refractivity contribution in [2.45, 2.75) is 42.3 Å². The molecule has 4 aromatic rings. The lowest BCUT2D eigenvalue weighted by atomic mass is 9.93. The Morgan fingerprint density at radius 2 is 1.40 bits per heavy atom. The molecule has 1 saturated heterocycles. The molecule has 2 aliphatic heterocycles. The molecular weight excluding hydrogens is 572 g/mol. The average molecular weight is 605 g/mol. The van der Waals surface area contributed by atoms with Gasteiger partial charge in [0.1, 0.15) is 11.1 Å². The maximum Gasteiger partial charge on any atom is 0.339 e. The van der Waals surface area contributed by atoms with E-state index in [2.05, 4.69) is 17.0 Å². The van der Waals surface area contributed by atoms with E-state index in [9.17, 15) is 16.8 Å². The number of methoxy groups -OCH3 is 1. The van der Waals surface area contributed by atoms with E-state index < -0.39 is 26.3 Å². The summed E-state index contributed by atoms with van der Waals surface area (Å²) >= 11 is 0. The lowest BCUT2D eigenvalue weighted by Gasteiger charge is -2.36. The van der Waals surface area contributed by atoms with Crippen LogP contribution in [0.5, 0.6) is 11.5 Å². The molecule has 0 spiro atoms. The lowest BCUT2D eigenvalue weighted by molar-refractivity contribution is 0.154. The van der Waals surface area contributed by atoms with Crippen LogP contribution < -0.4 is 8.92 Å². The molecule has 0 radical (unpaired) electrons. The average Bonchev–Trinajstić information content (AvgIpc) is 3.39. The predicted molar refractivity (Wildman–Crippen MR) is 159 cm³/mol. The molecule has 6 rings (SSSR count). The van der Waals surface area contributed by atoms with Crippen LogP contribution in [0, 0.1) is 13.8 Å². The van der Waals surface area contributed by atoms with Gasteiger partial charge < -0.3 is 8.92 Å². The minimum atomic E-state index is -4.12. The molecule has 0 aromatic heterocycles. The van der Waals surface area contributed by atoms with Crippen LogP contribution in [0.2, 0.25) is 0 Å². The number of hydrogen-bond donors (Lipinski definition) is 0. The SMILES string of the molecule is COc1cc([C@@H]2N3CCc4ccccc4[C@@H]3CN2S(=O)(=O)c2ccc(C)cc2)ccc1OS(=O)(=O)c1ccc(C)cc1. The number of fused-ring (bicyclic) bond motifs is 3. The fraction of sp³-hybridized carbons (Fsp3) is 0.250. The summed E-state index contributed by atoms with van der Waals surface area (Å²) in [4.78, 5) is 2.45. The van der Waals surface area contributed by atoms with Crippen LogP contribution in [-0.4, -0.2) is 46.2 Å². The molecule has 1 fully saturated rings. The van der Waals surface area contributed by atoms with Gasteiger partial charge in [0.2, 0.25) is 10.0 Å². The van der Waals surface area contributed by atoms with Crippen molar-refractivity contribution in [1.29, 1.82) is 0 Å². The normalized spacial score (nSPS) is 19.2. The highest BCUT2D eigenvalue weighted by molar-refractivity contribution is 7.89. The molecule has 0 amide bonds. The van der Waals surface area contributed by atoms with Gasteiger partial charge in [-0.25, -0.2) is 8.42 Å². The van der Waals surface area contributed by atoms with E-state index in [-0.39, 0.29) is 33.9 Å². The third kappa shape index (κ3) is 5.09. The standard InChI is InChI=1S/C32H32N2O6S2/c1-22-8-13-26(14-9-22)41(35,36)34-21-29-28-7-5-4-6-24(28)18-19-33(29)32(34)25-12-17-30(31(20-25)39-3)40-42(37,38)27-15-10-23(2)11-16-27/h4-17,20,29,32H,18-19,21H2,1-3H3/t29-,32+/m0/s1. The van der Waals surface area contributed by atoms with Crippen LogP contribution in [0.3, 0.4) is 0 Å². The first-order valence-corrected chi connectivity index (χ1v) is 16.5. The van der Waals surface area contributed by atoms with Gasteiger partial charge in [0.05, 0.1) is 18.0 Å². The van der Waals surface area contributed by atoms with Crippen LogP contribution >= 0.6 is 0 Å². The summed E-state index contributed by atoms with van der Waals surface area (Å²) < 4.78 is 66.9. The second-order valence-corrected chi connectivity index (χ2v) is 14.2. The fourth-order valence-corrected chi connectivity index (χ4v) is 8.35. The summed E-state index contributed by atoms with van der Waals surface area (Å²) in [6, 6.07) is 26.2. The molecule has 0 N–H and O–H groups in total. The van der Waals surface area contributed by atoms with Gasteiger partial charge in [0.15, 0.2) is 11.5 Å². The minimum absolute atomic E-state index is 0.0216. The summed E-state index contributed by atoms with van der Waals surface area (Å²) in [6.07, 6.45) is 0.153. The van der Waals surface area contributed by atoms with E-state index in [1.807, 2.05) is 26.0 Å². The molecule has 10 heteroatoms. The molecular formula is C32H32N2O6S2. The zero-order valence-electron chi connectivity index (χ0n) is 23.6. The monoisotopic (exact) mass is 604 g/mol. The molecule has 0 saturated carbocycles. The summed E-state index contributed by atoms with van der Waals surface area (Å²) in [5.74, 6) is 0.213. The Kier molecular flexibility index (Phi) is 7.34. The Morgan fingerprint density at radius 3 is 2.07 bits per heavy atom. The summed E-state index contributed by atoms with van der Waals surface area (Å²) in [5.41, 5.74) is 4.89. The zero-order chi connectivity index (χ0) is 29.6. The predicted octanol–water partition coefficient (Wildman–Crippen LogP) is 5.38. The maximum atomic E-state index is 14.1. The Balaban J connectivity index is 1.41. The summed E-state index contributed by atoms with van der Waals surface area (Å²) in [6.45, 7) is 4.73. The second-order valence-electron chi connectivity index (χ2n) is 10.7. The first-order valence-electron chi connectivity index (χ1n) is 13.7.